The molecule has 2 aromatic heterocycles. The van der Waals surface area contributed by atoms with Crippen LogP contribution in [0.15, 0.2) is 89.8 Å². The van der Waals surface area contributed by atoms with Gasteiger partial charge in [0.1, 0.15) is 17.4 Å². The minimum Gasteiger partial charge on any atom is -0.468 e. The van der Waals surface area contributed by atoms with Gasteiger partial charge in [-0.1, -0.05) is 53.9 Å². The fourth-order valence-corrected chi connectivity index (χ4v) is 5.55. The predicted molar refractivity (Wildman–Crippen MR) is 130 cm³/mol. The lowest BCUT2D eigenvalue weighted by Gasteiger charge is -2.24. The number of benzene rings is 1. The first-order chi connectivity index (χ1) is 15.7. The Bertz CT molecular complexity index is 1250. The molecule has 10 heteroatoms. The smallest absolute Gasteiger partial charge is 0.283 e. The molecule has 2 aliphatic rings. The van der Waals surface area contributed by atoms with Crippen LogP contribution < -0.4 is 0 Å². The highest BCUT2D eigenvalue weighted by molar-refractivity contribution is 8.18. The summed E-state index contributed by atoms with van der Waals surface area (Å²) in [6.07, 6.45) is 3.19. The molecular weight excluding hydrogens is 464 g/mol. The molecule has 2 aliphatic heterocycles. The van der Waals surface area contributed by atoms with Gasteiger partial charge in [0.15, 0.2) is 10.3 Å². The Balaban J connectivity index is 1.30. The molecule has 1 amide bonds. The van der Waals surface area contributed by atoms with Gasteiger partial charge in [0.2, 0.25) is 5.17 Å². The predicted octanol–water partition coefficient (Wildman–Crippen LogP) is 5.67. The monoisotopic (exact) mass is 480 g/mol. The van der Waals surface area contributed by atoms with Gasteiger partial charge in [-0.2, -0.15) is 9.39 Å². The maximum atomic E-state index is 12.6. The third-order valence-corrected chi connectivity index (χ3v) is 7.29. The van der Waals surface area contributed by atoms with Gasteiger partial charge < -0.3 is 8.83 Å². The van der Waals surface area contributed by atoms with Crippen LogP contribution in [-0.4, -0.2) is 27.0 Å². The SMILES string of the molecule is N=C1/C(=C/c2ccc(SCc3ccco3)o2)C(=O)N=C2SN=C(SCc3ccccc3)N12. The molecular formula is C22H16N4O3S3. The van der Waals surface area contributed by atoms with Crippen LogP contribution in [0.2, 0.25) is 0 Å². The highest BCUT2D eigenvalue weighted by atomic mass is 32.2. The summed E-state index contributed by atoms with van der Waals surface area (Å²) in [5.74, 6) is 2.26. The minimum atomic E-state index is -0.473. The molecule has 0 fully saturated rings. The maximum Gasteiger partial charge on any atom is 0.283 e. The van der Waals surface area contributed by atoms with E-state index < -0.39 is 5.91 Å². The van der Waals surface area contributed by atoms with Crippen LogP contribution in [0.5, 0.6) is 0 Å². The summed E-state index contributed by atoms with van der Waals surface area (Å²) in [6.45, 7) is 0. The summed E-state index contributed by atoms with van der Waals surface area (Å²) in [6, 6.07) is 17.4. The summed E-state index contributed by atoms with van der Waals surface area (Å²) >= 11 is 4.11. The Morgan fingerprint density at radius 2 is 1.94 bits per heavy atom. The van der Waals surface area contributed by atoms with E-state index in [9.17, 15) is 4.79 Å². The third kappa shape index (κ3) is 4.47. The van der Waals surface area contributed by atoms with Crippen molar-refractivity contribution >= 4 is 63.6 Å². The van der Waals surface area contributed by atoms with E-state index >= 15 is 0 Å². The van der Waals surface area contributed by atoms with Crippen molar-refractivity contribution in [1.82, 2.24) is 4.90 Å². The fourth-order valence-electron chi connectivity index (χ4n) is 2.99. The molecule has 0 aliphatic carbocycles. The second kappa shape index (κ2) is 9.27. The van der Waals surface area contributed by atoms with Crippen molar-refractivity contribution in [2.24, 2.45) is 9.39 Å². The van der Waals surface area contributed by atoms with Gasteiger partial charge in [-0.05, 0) is 35.9 Å². The number of carbonyl (C=O) groups is 1. The van der Waals surface area contributed by atoms with Crippen LogP contribution in [0, 0.1) is 5.41 Å². The molecule has 0 spiro atoms. The van der Waals surface area contributed by atoms with Crippen LogP contribution in [0.3, 0.4) is 0 Å². The second-order valence-corrected chi connectivity index (χ2v) is 9.36. The topological polar surface area (TPSA) is 95.2 Å². The second-order valence-electron chi connectivity index (χ2n) is 6.71. The van der Waals surface area contributed by atoms with Crippen molar-refractivity contribution in [3.8, 4) is 0 Å². The summed E-state index contributed by atoms with van der Waals surface area (Å²) < 4.78 is 15.6. The van der Waals surface area contributed by atoms with Crippen LogP contribution in [0.25, 0.3) is 6.08 Å². The molecule has 5 rings (SSSR count). The summed E-state index contributed by atoms with van der Waals surface area (Å²) in [5.41, 5.74) is 1.32. The van der Waals surface area contributed by atoms with E-state index in [-0.39, 0.29) is 11.4 Å². The minimum absolute atomic E-state index is 0.0468. The zero-order chi connectivity index (χ0) is 21.9. The van der Waals surface area contributed by atoms with Crippen molar-refractivity contribution < 1.29 is 13.6 Å². The van der Waals surface area contributed by atoms with E-state index in [0.29, 0.717) is 32.7 Å². The van der Waals surface area contributed by atoms with Crippen molar-refractivity contribution in [3.05, 3.63) is 83.5 Å². The van der Waals surface area contributed by atoms with Crippen LogP contribution >= 0.6 is 35.5 Å². The Hall–Kier alpha value is -2.95. The average molecular weight is 481 g/mol. The maximum absolute atomic E-state index is 12.6. The lowest BCUT2D eigenvalue weighted by molar-refractivity contribution is -0.114. The quantitative estimate of drug-likeness (QED) is 0.276. The number of thioether (sulfide) groups is 2. The van der Waals surface area contributed by atoms with E-state index in [0.717, 1.165) is 23.3 Å². The van der Waals surface area contributed by atoms with Crippen molar-refractivity contribution in [3.63, 3.8) is 0 Å². The number of furan rings is 2. The summed E-state index contributed by atoms with van der Waals surface area (Å²) in [5, 5.41) is 10.4. The lowest BCUT2D eigenvalue weighted by Crippen LogP contribution is -2.41. The molecule has 1 N–H and O–H groups in total. The van der Waals surface area contributed by atoms with Crippen LogP contribution in [-0.2, 0) is 16.3 Å². The molecule has 3 aromatic rings. The molecule has 0 bridgehead atoms. The average Bonchev–Trinajstić information content (AvgIpc) is 3.56. The number of hydrogen-bond acceptors (Lipinski definition) is 8. The molecule has 0 radical (unpaired) electrons. The Labute approximate surface area is 196 Å². The van der Waals surface area contributed by atoms with Crippen molar-refractivity contribution in [2.75, 3.05) is 0 Å². The molecule has 1 aromatic carbocycles. The summed E-state index contributed by atoms with van der Waals surface area (Å²) in [4.78, 5) is 18.3. The highest BCUT2D eigenvalue weighted by Crippen LogP contribution is 2.33. The van der Waals surface area contributed by atoms with Crippen molar-refractivity contribution in [2.45, 2.75) is 16.6 Å². The Kier molecular flexibility index (Phi) is 6.06. The first kappa shape index (κ1) is 20.9. The van der Waals surface area contributed by atoms with E-state index in [4.69, 9.17) is 14.2 Å². The van der Waals surface area contributed by atoms with Gasteiger partial charge in [-0.3, -0.25) is 10.2 Å². The zero-order valence-corrected chi connectivity index (χ0v) is 19.0. The number of hydrogen-bond donors (Lipinski definition) is 1. The summed E-state index contributed by atoms with van der Waals surface area (Å²) in [7, 11) is 0. The molecule has 0 unspecified atom stereocenters. The van der Waals surface area contributed by atoms with Crippen molar-refractivity contribution in [1.29, 1.82) is 5.41 Å². The number of carbonyl (C=O) groups excluding carboxylic acids is 1. The molecule has 4 heterocycles. The van der Waals surface area contributed by atoms with E-state index in [2.05, 4.69) is 9.39 Å². The molecule has 160 valence electrons. The number of amidine groups is 3. The van der Waals surface area contributed by atoms with Crippen LogP contribution in [0.4, 0.5) is 0 Å². The molecule has 7 nitrogen and oxygen atoms in total. The van der Waals surface area contributed by atoms with Gasteiger partial charge in [-0.25, -0.2) is 4.90 Å². The number of rotatable bonds is 6. The highest BCUT2D eigenvalue weighted by Gasteiger charge is 2.37. The van der Waals surface area contributed by atoms with Gasteiger partial charge in [0, 0.05) is 5.75 Å². The largest absolute Gasteiger partial charge is 0.468 e. The fraction of sp³-hybridized carbons (Fsp3) is 0.0909. The first-order valence-electron chi connectivity index (χ1n) is 9.58. The number of aliphatic imine (C=N–C) groups is 1. The molecule has 32 heavy (non-hydrogen) atoms. The number of nitrogens with one attached hydrogen (secondary N) is 1. The van der Waals surface area contributed by atoms with Gasteiger partial charge in [-0.15, -0.1) is 0 Å². The van der Waals surface area contributed by atoms with E-state index in [1.54, 1.807) is 23.3 Å². The van der Waals surface area contributed by atoms with Crippen LogP contribution in [0.1, 0.15) is 17.1 Å². The standard InChI is InChI=1S/C22H16N4O3S3/c23-19-17(11-15-8-9-18(29-15)30-13-16-7-4-10-28-16)20(27)24-21-26(19)22(25-32-21)31-12-14-5-2-1-3-6-14/h1-11,23H,12-13H2/b17-11-,23-19?. The lowest BCUT2D eigenvalue weighted by atomic mass is 10.1. The van der Waals surface area contributed by atoms with Gasteiger partial charge in [0.25, 0.3) is 5.91 Å². The number of amides is 1. The van der Waals surface area contributed by atoms with E-state index in [1.165, 1.54) is 23.5 Å². The van der Waals surface area contributed by atoms with Gasteiger partial charge >= 0.3 is 0 Å². The third-order valence-electron chi connectivity index (χ3n) is 4.53. The molecule has 0 atom stereocenters. The van der Waals surface area contributed by atoms with E-state index in [1.807, 2.05) is 48.5 Å². The van der Waals surface area contributed by atoms with Gasteiger partial charge in [0.05, 0.1) is 29.5 Å². The number of fused-ring (bicyclic) bond motifs is 1. The normalized spacial score (nSPS) is 17.0. The Morgan fingerprint density at radius 1 is 1.06 bits per heavy atom. The molecule has 0 saturated heterocycles. The Morgan fingerprint density at radius 3 is 2.75 bits per heavy atom. The zero-order valence-electron chi connectivity index (χ0n) is 16.6. The molecule has 0 saturated carbocycles. The number of nitrogens with zero attached hydrogens (tertiary/aromatic N) is 3. The first-order valence-corrected chi connectivity index (χ1v) is 12.3.